The van der Waals surface area contributed by atoms with Gasteiger partial charge in [-0.05, 0) is 19.8 Å². The predicted molar refractivity (Wildman–Crippen MR) is 58.5 cm³/mol. The van der Waals surface area contributed by atoms with Gasteiger partial charge in [-0.2, -0.15) is 5.21 Å². The van der Waals surface area contributed by atoms with Crippen LogP contribution in [0.2, 0.25) is 0 Å². The molecule has 2 N–H and O–H groups in total. The lowest BCUT2D eigenvalue weighted by atomic mass is 10.3. The second kappa shape index (κ2) is 5.07. The molecule has 0 bridgehead atoms. The van der Waals surface area contributed by atoms with Crippen molar-refractivity contribution in [1.82, 2.24) is 25.3 Å². The predicted octanol–water partition coefficient (Wildman–Crippen LogP) is -0.641. The normalized spacial score (nSPS) is 22.8. The zero-order valence-electron chi connectivity index (χ0n) is 9.46. The fourth-order valence-corrected chi connectivity index (χ4v) is 3.24. The van der Waals surface area contributed by atoms with Crippen LogP contribution in [0.4, 0.5) is 0 Å². The van der Waals surface area contributed by atoms with Crippen LogP contribution < -0.4 is 4.72 Å². The maximum absolute atomic E-state index is 11.8. The van der Waals surface area contributed by atoms with E-state index < -0.39 is 16.1 Å². The lowest BCUT2D eigenvalue weighted by Crippen LogP contribution is -2.34. The monoisotopic (exact) mass is 261 g/mol. The smallest absolute Gasteiger partial charge is 0.214 e. The van der Waals surface area contributed by atoms with E-state index in [-0.39, 0.29) is 11.9 Å². The van der Waals surface area contributed by atoms with Gasteiger partial charge in [0, 0.05) is 6.61 Å². The minimum Gasteiger partial charge on any atom is -0.377 e. The molecule has 8 nitrogen and oxygen atoms in total. The molecular weight excluding hydrogens is 246 g/mol. The number of aromatic amines is 1. The summed E-state index contributed by atoms with van der Waals surface area (Å²) in [4.78, 5) is 0. The molecule has 0 saturated carbocycles. The minimum absolute atomic E-state index is 0.0187. The first-order chi connectivity index (χ1) is 8.07. The number of rotatable bonds is 5. The molecule has 9 heteroatoms. The Kier molecular flexibility index (Phi) is 3.69. The highest BCUT2D eigenvalue weighted by molar-refractivity contribution is 7.89. The molecule has 1 fully saturated rings. The van der Waals surface area contributed by atoms with Crippen molar-refractivity contribution < 1.29 is 13.2 Å². The van der Waals surface area contributed by atoms with Gasteiger partial charge >= 0.3 is 0 Å². The van der Waals surface area contributed by atoms with Crippen LogP contribution in [0, 0.1) is 0 Å². The van der Waals surface area contributed by atoms with Crippen LogP contribution in [0.1, 0.15) is 31.6 Å². The van der Waals surface area contributed by atoms with Crippen molar-refractivity contribution in [3.05, 3.63) is 5.82 Å². The largest absolute Gasteiger partial charge is 0.377 e. The first-order valence-electron chi connectivity index (χ1n) is 5.42. The van der Waals surface area contributed by atoms with Gasteiger partial charge < -0.3 is 4.74 Å². The summed E-state index contributed by atoms with van der Waals surface area (Å²) in [7, 11) is -3.39. The molecule has 2 rings (SSSR count). The van der Waals surface area contributed by atoms with Crippen molar-refractivity contribution in [3.8, 4) is 0 Å². The number of nitrogens with one attached hydrogen (secondary N) is 2. The Hall–Kier alpha value is -1.06. The van der Waals surface area contributed by atoms with Crippen LogP contribution in [-0.2, 0) is 14.8 Å². The second-order valence-corrected chi connectivity index (χ2v) is 5.82. The summed E-state index contributed by atoms with van der Waals surface area (Å²) >= 11 is 0. The maximum atomic E-state index is 11.8. The van der Waals surface area contributed by atoms with Gasteiger partial charge in [0.15, 0.2) is 5.82 Å². The third-order valence-electron chi connectivity index (χ3n) is 2.53. The highest BCUT2D eigenvalue weighted by Gasteiger charge is 2.25. The molecule has 1 aliphatic rings. The third kappa shape index (κ3) is 3.45. The summed E-state index contributed by atoms with van der Waals surface area (Å²) in [6.07, 6.45) is 1.50. The molecule has 0 radical (unpaired) electrons. The van der Waals surface area contributed by atoms with E-state index in [1.807, 2.05) is 0 Å². The first kappa shape index (κ1) is 12.4. The summed E-state index contributed by atoms with van der Waals surface area (Å²) < 4.78 is 31.4. The van der Waals surface area contributed by atoms with Crippen LogP contribution in [0.5, 0.6) is 0 Å². The molecule has 1 aromatic rings. The van der Waals surface area contributed by atoms with Crippen molar-refractivity contribution in [2.24, 2.45) is 0 Å². The number of ether oxygens (including phenoxy) is 1. The van der Waals surface area contributed by atoms with Gasteiger partial charge in [0.1, 0.15) is 0 Å². The van der Waals surface area contributed by atoms with E-state index in [2.05, 4.69) is 25.3 Å². The number of hydrogen-bond donors (Lipinski definition) is 2. The van der Waals surface area contributed by atoms with Gasteiger partial charge in [-0.3, -0.25) is 0 Å². The van der Waals surface area contributed by atoms with Gasteiger partial charge in [-0.15, -0.1) is 10.2 Å². The summed E-state index contributed by atoms with van der Waals surface area (Å²) in [6, 6.07) is -0.500. The van der Waals surface area contributed by atoms with E-state index in [9.17, 15) is 8.42 Å². The van der Waals surface area contributed by atoms with E-state index in [0.717, 1.165) is 12.8 Å². The molecule has 1 saturated heterocycles. The number of H-pyrrole nitrogens is 1. The van der Waals surface area contributed by atoms with Crippen molar-refractivity contribution in [2.75, 3.05) is 12.4 Å². The molecule has 17 heavy (non-hydrogen) atoms. The Morgan fingerprint density at radius 3 is 3.06 bits per heavy atom. The molecule has 0 aliphatic carbocycles. The second-order valence-electron chi connectivity index (χ2n) is 4.03. The molecular formula is C8H15N5O3S. The SMILES string of the molecule is CC(NS(=O)(=O)CC1CCCO1)c1nn[nH]n1. The van der Waals surface area contributed by atoms with Gasteiger partial charge in [-0.25, -0.2) is 13.1 Å². The molecule has 2 heterocycles. The molecule has 2 atom stereocenters. The van der Waals surface area contributed by atoms with Crippen LogP contribution >= 0.6 is 0 Å². The van der Waals surface area contributed by atoms with Crippen molar-refractivity contribution in [1.29, 1.82) is 0 Å². The van der Waals surface area contributed by atoms with E-state index in [1.165, 1.54) is 0 Å². The zero-order valence-corrected chi connectivity index (χ0v) is 10.3. The lowest BCUT2D eigenvalue weighted by Gasteiger charge is -2.13. The van der Waals surface area contributed by atoms with E-state index in [1.54, 1.807) is 6.92 Å². The van der Waals surface area contributed by atoms with Crippen LogP contribution in [0.25, 0.3) is 0 Å². The van der Waals surface area contributed by atoms with E-state index in [0.29, 0.717) is 12.4 Å². The van der Waals surface area contributed by atoms with Crippen molar-refractivity contribution in [2.45, 2.75) is 31.9 Å². The molecule has 96 valence electrons. The van der Waals surface area contributed by atoms with Crippen LogP contribution in [-0.4, -0.2) is 47.5 Å². The fraction of sp³-hybridized carbons (Fsp3) is 0.875. The van der Waals surface area contributed by atoms with E-state index >= 15 is 0 Å². The van der Waals surface area contributed by atoms with Crippen molar-refractivity contribution in [3.63, 3.8) is 0 Å². The quantitative estimate of drug-likeness (QED) is 0.729. The summed E-state index contributed by atoms with van der Waals surface area (Å²) in [5.41, 5.74) is 0. The average Bonchev–Trinajstić information content (AvgIpc) is 2.85. The highest BCUT2D eigenvalue weighted by atomic mass is 32.2. The molecule has 1 aliphatic heterocycles. The number of sulfonamides is 1. The molecule has 0 aromatic carbocycles. The standard InChI is InChI=1S/C8H15N5O3S/c1-6(8-9-12-13-10-8)11-17(14,15)5-7-3-2-4-16-7/h6-7,11H,2-5H2,1H3,(H,9,10,12,13). The Morgan fingerprint density at radius 1 is 1.65 bits per heavy atom. The highest BCUT2D eigenvalue weighted by Crippen LogP contribution is 2.15. The lowest BCUT2D eigenvalue weighted by molar-refractivity contribution is 0.127. The Balaban J connectivity index is 1.92. The summed E-state index contributed by atoms with van der Waals surface area (Å²) in [6.45, 7) is 2.30. The van der Waals surface area contributed by atoms with Gasteiger partial charge in [0.2, 0.25) is 10.0 Å². The fourth-order valence-electron chi connectivity index (χ4n) is 1.74. The number of nitrogens with zero attached hydrogens (tertiary/aromatic N) is 3. The molecule has 0 spiro atoms. The van der Waals surface area contributed by atoms with Crippen LogP contribution in [0.15, 0.2) is 0 Å². The maximum Gasteiger partial charge on any atom is 0.214 e. The molecule has 1 aromatic heterocycles. The minimum atomic E-state index is -3.39. The van der Waals surface area contributed by atoms with Crippen molar-refractivity contribution >= 4 is 10.0 Å². The Morgan fingerprint density at radius 2 is 2.47 bits per heavy atom. The van der Waals surface area contributed by atoms with Crippen LogP contribution in [0.3, 0.4) is 0 Å². The molecule has 0 amide bonds. The third-order valence-corrected chi connectivity index (χ3v) is 4.06. The zero-order chi connectivity index (χ0) is 12.3. The first-order valence-corrected chi connectivity index (χ1v) is 7.07. The van der Waals surface area contributed by atoms with Gasteiger partial charge in [0.05, 0.1) is 17.9 Å². The number of tetrazole rings is 1. The van der Waals surface area contributed by atoms with E-state index in [4.69, 9.17) is 4.74 Å². The van der Waals surface area contributed by atoms with Gasteiger partial charge in [-0.1, -0.05) is 5.21 Å². The molecule has 2 unspecified atom stereocenters. The number of aromatic nitrogens is 4. The summed E-state index contributed by atoms with van der Waals surface area (Å²) in [5, 5.41) is 13.1. The van der Waals surface area contributed by atoms with Gasteiger partial charge in [0.25, 0.3) is 0 Å². The Labute approximate surface area is 99.2 Å². The average molecular weight is 261 g/mol. The summed E-state index contributed by atoms with van der Waals surface area (Å²) in [5.74, 6) is 0.302. The number of hydrogen-bond acceptors (Lipinski definition) is 6. The Bertz CT molecular complexity index is 440. The topological polar surface area (TPSA) is 110 Å².